The number of carbonyl (C=O) groups excluding carboxylic acids is 2. The number of rotatable bonds is 6. The molecule has 1 heterocycles. The zero-order chi connectivity index (χ0) is 17.4. The lowest BCUT2D eigenvalue weighted by atomic mass is 10.0. The summed E-state index contributed by atoms with van der Waals surface area (Å²) in [4.78, 5) is 27.7. The summed E-state index contributed by atoms with van der Waals surface area (Å²) in [7, 11) is 2.07. The van der Waals surface area contributed by atoms with Crippen LogP contribution >= 0.6 is 0 Å². The number of nitrogens with zero attached hydrogens (tertiary/aromatic N) is 2. The first kappa shape index (κ1) is 18.3. The number of amides is 2. The minimum Gasteiger partial charge on any atom is -0.450 e. The highest BCUT2D eigenvalue weighted by atomic mass is 16.6. The molecule has 0 saturated carbocycles. The molecule has 1 aliphatic rings. The molecule has 1 aliphatic heterocycles. The Labute approximate surface area is 143 Å². The first-order chi connectivity index (χ1) is 11.6. The maximum Gasteiger partial charge on any atom is 0.409 e. The number of likely N-dealkylation sites (N-methyl/N-ethyl adjacent to an activating group) is 1. The molecule has 6 nitrogen and oxygen atoms in total. The minimum atomic E-state index is -0.214. The van der Waals surface area contributed by atoms with Crippen molar-refractivity contribution < 1.29 is 14.3 Å². The van der Waals surface area contributed by atoms with Crippen LogP contribution in [0.5, 0.6) is 0 Å². The van der Waals surface area contributed by atoms with Crippen molar-refractivity contribution in [3.05, 3.63) is 35.9 Å². The highest BCUT2D eigenvalue weighted by Crippen LogP contribution is 2.15. The molecule has 0 unspecified atom stereocenters. The van der Waals surface area contributed by atoms with Crippen molar-refractivity contribution in [3.8, 4) is 0 Å². The summed E-state index contributed by atoms with van der Waals surface area (Å²) in [5.74, 6) is -0.0406. The van der Waals surface area contributed by atoms with E-state index >= 15 is 0 Å². The van der Waals surface area contributed by atoms with E-state index < -0.39 is 0 Å². The van der Waals surface area contributed by atoms with Crippen molar-refractivity contribution in [1.82, 2.24) is 15.1 Å². The van der Waals surface area contributed by atoms with E-state index in [2.05, 4.69) is 17.3 Å². The Bertz CT molecular complexity index is 528. The molecule has 0 aliphatic carbocycles. The van der Waals surface area contributed by atoms with Crippen LogP contribution < -0.4 is 5.32 Å². The van der Waals surface area contributed by atoms with Crippen LogP contribution in [-0.4, -0.2) is 67.7 Å². The van der Waals surface area contributed by atoms with Crippen LogP contribution in [0.25, 0.3) is 0 Å². The monoisotopic (exact) mass is 333 g/mol. The summed E-state index contributed by atoms with van der Waals surface area (Å²) < 4.78 is 5.04. The molecule has 2 amide bonds. The zero-order valence-corrected chi connectivity index (χ0v) is 14.5. The van der Waals surface area contributed by atoms with Crippen LogP contribution in [-0.2, 0) is 4.74 Å². The number of hydrogen-bond donors (Lipinski definition) is 1. The fourth-order valence-electron chi connectivity index (χ4n) is 2.92. The van der Waals surface area contributed by atoms with Crippen molar-refractivity contribution in [2.45, 2.75) is 25.8 Å². The SMILES string of the molecule is CCOC(=O)N1CCC(N(C)CCNC(=O)c2ccccc2)CC1. The predicted molar refractivity (Wildman–Crippen MR) is 93.0 cm³/mol. The van der Waals surface area contributed by atoms with E-state index in [0.29, 0.717) is 24.8 Å². The number of benzene rings is 1. The van der Waals surface area contributed by atoms with Gasteiger partial charge in [-0.25, -0.2) is 4.79 Å². The largest absolute Gasteiger partial charge is 0.450 e. The Hall–Kier alpha value is -2.08. The van der Waals surface area contributed by atoms with Crippen molar-refractivity contribution in [2.75, 3.05) is 39.8 Å². The minimum absolute atomic E-state index is 0.0406. The molecule has 0 atom stereocenters. The van der Waals surface area contributed by atoms with Gasteiger partial charge in [0, 0.05) is 37.8 Å². The van der Waals surface area contributed by atoms with E-state index in [-0.39, 0.29) is 12.0 Å². The standard InChI is InChI=1S/C18H27N3O3/c1-3-24-18(23)21-12-9-16(10-13-21)20(2)14-11-19-17(22)15-7-5-4-6-8-15/h4-8,16H,3,9-14H2,1-2H3,(H,19,22). The van der Waals surface area contributed by atoms with E-state index in [4.69, 9.17) is 4.74 Å². The fourth-order valence-corrected chi connectivity index (χ4v) is 2.92. The topological polar surface area (TPSA) is 61.9 Å². The second-order valence-corrected chi connectivity index (χ2v) is 6.02. The highest BCUT2D eigenvalue weighted by Gasteiger charge is 2.25. The van der Waals surface area contributed by atoms with E-state index in [1.165, 1.54) is 0 Å². The van der Waals surface area contributed by atoms with E-state index in [0.717, 1.165) is 32.5 Å². The lowest BCUT2D eigenvalue weighted by Gasteiger charge is -2.36. The summed E-state index contributed by atoms with van der Waals surface area (Å²) in [5, 5.41) is 2.95. The van der Waals surface area contributed by atoms with Gasteiger partial charge in [-0.3, -0.25) is 4.79 Å². The van der Waals surface area contributed by atoms with Crippen LogP contribution in [0.1, 0.15) is 30.1 Å². The van der Waals surface area contributed by atoms with Gasteiger partial charge in [0.1, 0.15) is 0 Å². The lowest BCUT2D eigenvalue weighted by molar-refractivity contribution is 0.0797. The first-order valence-electron chi connectivity index (χ1n) is 8.57. The Morgan fingerprint density at radius 1 is 1.25 bits per heavy atom. The maximum absolute atomic E-state index is 12.0. The van der Waals surface area contributed by atoms with Crippen LogP contribution in [0.15, 0.2) is 30.3 Å². The molecule has 6 heteroatoms. The molecule has 1 N–H and O–H groups in total. The molecule has 132 valence electrons. The van der Waals surface area contributed by atoms with Gasteiger partial charge in [0.25, 0.3) is 5.91 Å². The smallest absolute Gasteiger partial charge is 0.409 e. The molecule has 1 aromatic carbocycles. The van der Waals surface area contributed by atoms with Crippen LogP contribution in [0, 0.1) is 0 Å². The zero-order valence-electron chi connectivity index (χ0n) is 14.5. The quantitative estimate of drug-likeness (QED) is 0.864. The normalized spacial score (nSPS) is 15.4. The fraction of sp³-hybridized carbons (Fsp3) is 0.556. The van der Waals surface area contributed by atoms with Gasteiger partial charge in [-0.1, -0.05) is 18.2 Å². The molecule has 1 aromatic rings. The third kappa shape index (κ3) is 5.23. The summed E-state index contributed by atoms with van der Waals surface area (Å²) in [5.41, 5.74) is 0.683. The number of carbonyl (C=O) groups is 2. The highest BCUT2D eigenvalue weighted by molar-refractivity contribution is 5.94. The molecule has 0 spiro atoms. The van der Waals surface area contributed by atoms with Gasteiger partial charge in [0.2, 0.25) is 0 Å². The van der Waals surface area contributed by atoms with Gasteiger partial charge in [0.15, 0.2) is 0 Å². The van der Waals surface area contributed by atoms with Gasteiger partial charge in [-0.15, -0.1) is 0 Å². The van der Waals surface area contributed by atoms with Crippen molar-refractivity contribution in [2.24, 2.45) is 0 Å². The summed E-state index contributed by atoms with van der Waals surface area (Å²) in [6, 6.07) is 9.67. The lowest BCUT2D eigenvalue weighted by Crippen LogP contribution is -2.47. The molecule has 0 radical (unpaired) electrons. The van der Waals surface area contributed by atoms with E-state index in [1.54, 1.807) is 4.90 Å². The molecule has 0 aromatic heterocycles. The molecule has 0 bridgehead atoms. The van der Waals surface area contributed by atoms with Gasteiger partial charge in [0.05, 0.1) is 6.61 Å². The van der Waals surface area contributed by atoms with Crippen LogP contribution in [0.2, 0.25) is 0 Å². The summed E-state index contributed by atoms with van der Waals surface area (Å²) in [6.07, 6.45) is 1.65. The molecular weight excluding hydrogens is 306 g/mol. The van der Waals surface area contributed by atoms with Crippen LogP contribution in [0.4, 0.5) is 4.79 Å². The molecular formula is C18H27N3O3. The number of nitrogens with one attached hydrogen (secondary N) is 1. The number of ether oxygens (including phenoxy) is 1. The number of likely N-dealkylation sites (tertiary alicyclic amines) is 1. The Morgan fingerprint density at radius 2 is 1.92 bits per heavy atom. The second kappa shape index (κ2) is 9.27. The summed E-state index contributed by atoms with van der Waals surface area (Å²) in [6.45, 7) is 5.10. The molecule has 2 rings (SSSR count). The first-order valence-corrected chi connectivity index (χ1v) is 8.57. The number of piperidine rings is 1. The maximum atomic E-state index is 12.0. The predicted octanol–water partition coefficient (Wildman–Crippen LogP) is 1.97. The average molecular weight is 333 g/mol. The summed E-state index contributed by atoms with van der Waals surface area (Å²) >= 11 is 0. The van der Waals surface area contributed by atoms with Crippen LogP contribution in [0.3, 0.4) is 0 Å². The molecule has 1 saturated heterocycles. The Kier molecular flexibility index (Phi) is 7.06. The second-order valence-electron chi connectivity index (χ2n) is 6.02. The van der Waals surface area contributed by atoms with Gasteiger partial charge in [-0.05, 0) is 38.9 Å². The van der Waals surface area contributed by atoms with E-state index in [1.807, 2.05) is 37.3 Å². The Balaban J connectivity index is 1.67. The third-order valence-electron chi connectivity index (χ3n) is 4.40. The van der Waals surface area contributed by atoms with Crippen molar-refractivity contribution in [1.29, 1.82) is 0 Å². The van der Waals surface area contributed by atoms with Crippen molar-refractivity contribution in [3.63, 3.8) is 0 Å². The van der Waals surface area contributed by atoms with E-state index in [9.17, 15) is 9.59 Å². The molecule has 24 heavy (non-hydrogen) atoms. The molecule has 1 fully saturated rings. The van der Waals surface area contributed by atoms with Gasteiger partial charge >= 0.3 is 6.09 Å². The Morgan fingerprint density at radius 3 is 2.54 bits per heavy atom. The average Bonchev–Trinajstić information content (AvgIpc) is 2.62. The van der Waals surface area contributed by atoms with Gasteiger partial charge in [-0.2, -0.15) is 0 Å². The number of hydrogen-bond acceptors (Lipinski definition) is 4. The van der Waals surface area contributed by atoms with Gasteiger partial charge < -0.3 is 19.9 Å². The third-order valence-corrected chi connectivity index (χ3v) is 4.40. The van der Waals surface area contributed by atoms with Crippen molar-refractivity contribution >= 4 is 12.0 Å².